The SMILES string of the molecule is CC1=CC(N(C)C2C=CC=CC2N)CC=C1. The molecule has 0 saturated carbocycles. The molecule has 0 saturated heterocycles. The van der Waals surface area contributed by atoms with Crippen molar-refractivity contribution < 1.29 is 0 Å². The average Bonchev–Trinajstić information content (AvgIpc) is 2.29. The van der Waals surface area contributed by atoms with Crippen molar-refractivity contribution in [3.8, 4) is 0 Å². The van der Waals surface area contributed by atoms with Crippen molar-refractivity contribution >= 4 is 0 Å². The second kappa shape index (κ2) is 4.81. The molecular formula is C14H20N2. The third-order valence-electron chi connectivity index (χ3n) is 3.35. The van der Waals surface area contributed by atoms with Crippen molar-refractivity contribution in [2.45, 2.75) is 31.5 Å². The fourth-order valence-corrected chi connectivity index (χ4v) is 2.35. The van der Waals surface area contributed by atoms with E-state index < -0.39 is 0 Å². The lowest BCUT2D eigenvalue weighted by Gasteiger charge is -2.36. The zero-order chi connectivity index (χ0) is 11.5. The molecule has 3 unspecified atom stereocenters. The molecule has 2 rings (SSSR count). The van der Waals surface area contributed by atoms with E-state index in [0.717, 1.165) is 6.42 Å². The number of likely N-dealkylation sites (N-methyl/N-ethyl adjacent to an activating group) is 1. The van der Waals surface area contributed by atoms with Gasteiger partial charge in [-0.25, -0.2) is 0 Å². The molecule has 0 aliphatic heterocycles. The van der Waals surface area contributed by atoms with Gasteiger partial charge in [0.25, 0.3) is 0 Å². The first-order chi connectivity index (χ1) is 7.68. The maximum absolute atomic E-state index is 6.10. The van der Waals surface area contributed by atoms with E-state index in [-0.39, 0.29) is 6.04 Å². The Bertz CT molecular complexity index is 363. The van der Waals surface area contributed by atoms with Crippen LogP contribution in [0.25, 0.3) is 0 Å². The number of nitrogens with zero attached hydrogens (tertiary/aromatic N) is 1. The lowest BCUT2D eigenvalue weighted by atomic mass is 9.97. The highest BCUT2D eigenvalue weighted by atomic mass is 15.2. The summed E-state index contributed by atoms with van der Waals surface area (Å²) >= 11 is 0. The van der Waals surface area contributed by atoms with E-state index in [1.807, 2.05) is 6.08 Å². The van der Waals surface area contributed by atoms with Gasteiger partial charge in [0, 0.05) is 18.1 Å². The lowest BCUT2D eigenvalue weighted by Crippen LogP contribution is -2.48. The van der Waals surface area contributed by atoms with Crippen molar-refractivity contribution in [2.24, 2.45) is 5.73 Å². The van der Waals surface area contributed by atoms with E-state index in [0.29, 0.717) is 12.1 Å². The average molecular weight is 216 g/mol. The molecule has 0 fully saturated rings. The Balaban J connectivity index is 2.08. The quantitative estimate of drug-likeness (QED) is 0.765. The van der Waals surface area contributed by atoms with Gasteiger partial charge in [0.15, 0.2) is 0 Å². The highest BCUT2D eigenvalue weighted by Gasteiger charge is 2.24. The monoisotopic (exact) mass is 216 g/mol. The molecule has 0 amide bonds. The number of allylic oxidation sites excluding steroid dienone is 4. The molecule has 2 aliphatic rings. The first kappa shape index (κ1) is 11.4. The largest absolute Gasteiger partial charge is 0.323 e. The van der Waals surface area contributed by atoms with Crippen molar-refractivity contribution in [3.05, 3.63) is 48.1 Å². The van der Waals surface area contributed by atoms with Crippen LogP contribution < -0.4 is 5.73 Å². The predicted octanol–water partition coefficient (Wildman–Crippen LogP) is 2.01. The molecule has 0 radical (unpaired) electrons. The van der Waals surface area contributed by atoms with E-state index >= 15 is 0 Å². The van der Waals surface area contributed by atoms with Crippen LogP contribution in [-0.2, 0) is 0 Å². The summed E-state index contributed by atoms with van der Waals surface area (Å²) in [6.07, 6.45) is 16.2. The van der Waals surface area contributed by atoms with E-state index in [1.165, 1.54) is 5.57 Å². The Labute approximate surface area is 97.8 Å². The molecule has 2 heteroatoms. The summed E-state index contributed by atoms with van der Waals surface area (Å²) < 4.78 is 0. The van der Waals surface area contributed by atoms with Crippen LogP contribution in [-0.4, -0.2) is 30.1 Å². The van der Waals surface area contributed by atoms with Gasteiger partial charge >= 0.3 is 0 Å². The molecule has 0 spiro atoms. The third-order valence-corrected chi connectivity index (χ3v) is 3.35. The lowest BCUT2D eigenvalue weighted by molar-refractivity contribution is 0.221. The molecule has 3 atom stereocenters. The normalized spacial score (nSPS) is 33.2. The molecule has 2 N–H and O–H groups in total. The van der Waals surface area contributed by atoms with Crippen molar-refractivity contribution in [1.82, 2.24) is 4.90 Å². The Morgan fingerprint density at radius 1 is 1.31 bits per heavy atom. The second-order valence-electron chi connectivity index (χ2n) is 4.62. The summed E-state index contributed by atoms with van der Waals surface area (Å²) in [5.41, 5.74) is 7.44. The van der Waals surface area contributed by atoms with Crippen LogP contribution in [0.5, 0.6) is 0 Å². The molecule has 0 heterocycles. The molecule has 2 nitrogen and oxygen atoms in total. The molecule has 0 aromatic carbocycles. The summed E-state index contributed by atoms with van der Waals surface area (Å²) in [5, 5.41) is 0. The van der Waals surface area contributed by atoms with E-state index in [2.05, 4.69) is 55.3 Å². The third kappa shape index (κ3) is 2.34. The zero-order valence-corrected chi connectivity index (χ0v) is 10.0. The van der Waals surface area contributed by atoms with Crippen LogP contribution in [0.3, 0.4) is 0 Å². The van der Waals surface area contributed by atoms with Crippen LogP contribution in [0.4, 0.5) is 0 Å². The van der Waals surface area contributed by atoms with Crippen LogP contribution in [0.15, 0.2) is 48.1 Å². The van der Waals surface area contributed by atoms with Gasteiger partial charge < -0.3 is 5.73 Å². The Morgan fingerprint density at radius 2 is 2.06 bits per heavy atom. The second-order valence-corrected chi connectivity index (χ2v) is 4.62. The van der Waals surface area contributed by atoms with E-state index in [9.17, 15) is 0 Å². The number of hydrogen-bond donors (Lipinski definition) is 1. The van der Waals surface area contributed by atoms with E-state index in [1.54, 1.807) is 0 Å². The van der Waals surface area contributed by atoms with E-state index in [4.69, 9.17) is 5.73 Å². The first-order valence-corrected chi connectivity index (χ1v) is 5.86. The zero-order valence-electron chi connectivity index (χ0n) is 10.0. The minimum Gasteiger partial charge on any atom is -0.323 e. The summed E-state index contributed by atoms with van der Waals surface area (Å²) in [6.45, 7) is 2.15. The highest BCUT2D eigenvalue weighted by molar-refractivity contribution is 5.26. The first-order valence-electron chi connectivity index (χ1n) is 5.86. The summed E-state index contributed by atoms with van der Waals surface area (Å²) in [7, 11) is 2.15. The Kier molecular flexibility index (Phi) is 3.42. The van der Waals surface area contributed by atoms with Crippen LogP contribution in [0.2, 0.25) is 0 Å². The highest BCUT2D eigenvalue weighted by Crippen LogP contribution is 2.19. The predicted molar refractivity (Wildman–Crippen MR) is 69.1 cm³/mol. The fraction of sp³-hybridized carbons (Fsp3) is 0.429. The van der Waals surface area contributed by atoms with Gasteiger partial charge in [-0.15, -0.1) is 0 Å². The van der Waals surface area contributed by atoms with Crippen molar-refractivity contribution in [2.75, 3.05) is 7.05 Å². The number of hydrogen-bond acceptors (Lipinski definition) is 2. The minimum absolute atomic E-state index is 0.106. The van der Waals surface area contributed by atoms with Gasteiger partial charge in [-0.1, -0.05) is 48.1 Å². The molecule has 0 aromatic rings. The van der Waals surface area contributed by atoms with Gasteiger partial charge in [0.05, 0.1) is 0 Å². The van der Waals surface area contributed by atoms with Gasteiger partial charge in [0.1, 0.15) is 0 Å². The maximum Gasteiger partial charge on any atom is 0.0471 e. The van der Waals surface area contributed by atoms with Crippen LogP contribution in [0.1, 0.15) is 13.3 Å². The molecule has 16 heavy (non-hydrogen) atoms. The summed E-state index contributed by atoms with van der Waals surface area (Å²) in [6, 6.07) is 0.886. The number of nitrogens with two attached hydrogens (primary N) is 1. The van der Waals surface area contributed by atoms with Crippen LogP contribution in [0, 0.1) is 0 Å². The molecule has 0 bridgehead atoms. The molecular weight excluding hydrogens is 196 g/mol. The molecule has 2 aliphatic carbocycles. The van der Waals surface area contributed by atoms with Gasteiger partial charge in [0.2, 0.25) is 0 Å². The Morgan fingerprint density at radius 3 is 2.75 bits per heavy atom. The van der Waals surface area contributed by atoms with Gasteiger partial charge in [-0.05, 0) is 20.4 Å². The maximum atomic E-state index is 6.10. The summed E-state index contributed by atoms with van der Waals surface area (Å²) in [5.74, 6) is 0. The smallest absolute Gasteiger partial charge is 0.0471 e. The van der Waals surface area contributed by atoms with Gasteiger partial charge in [-0.3, -0.25) is 4.90 Å². The molecule has 0 aromatic heterocycles. The van der Waals surface area contributed by atoms with Crippen molar-refractivity contribution in [1.29, 1.82) is 0 Å². The van der Waals surface area contributed by atoms with Crippen LogP contribution >= 0.6 is 0 Å². The van der Waals surface area contributed by atoms with Gasteiger partial charge in [-0.2, -0.15) is 0 Å². The fourth-order valence-electron chi connectivity index (χ4n) is 2.35. The molecule has 86 valence electrons. The summed E-state index contributed by atoms with van der Waals surface area (Å²) in [4.78, 5) is 2.36. The Hall–Kier alpha value is -1.12. The topological polar surface area (TPSA) is 29.3 Å². The van der Waals surface area contributed by atoms with Crippen molar-refractivity contribution in [3.63, 3.8) is 0 Å². The number of rotatable bonds is 2. The standard InChI is InChI=1S/C14H20N2/c1-11-6-5-7-12(10-11)16(2)14-9-4-3-8-13(14)15/h3-6,8-10,12-14H,7,15H2,1-2H3. The minimum atomic E-state index is 0.106.